The second-order valence-electron chi connectivity index (χ2n) is 3.05. The first-order valence-electron chi connectivity index (χ1n) is 3.28. The Balaban J connectivity index is 4.85. The van der Waals surface area contributed by atoms with Crippen molar-refractivity contribution in [1.82, 2.24) is 0 Å². The molecule has 0 aromatic heterocycles. The molecular formula is C3H18N8Si. The van der Waals surface area contributed by atoms with Crippen molar-refractivity contribution in [3.05, 3.63) is 0 Å². The highest BCUT2D eigenvalue weighted by atomic mass is 28.4. The van der Waals surface area contributed by atoms with Crippen LogP contribution in [-0.2, 0) is 0 Å². The van der Waals surface area contributed by atoms with Crippen LogP contribution < -0.4 is 44.9 Å². The highest BCUT2D eigenvalue weighted by Crippen LogP contribution is 2.06. The highest BCUT2D eigenvalue weighted by molar-refractivity contribution is 6.73. The second-order valence-corrected chi connectivity index (χ2v) is 5.74. The molecule has 0 saturated heterocycles. The Morgan fingerprint density at radius 2 is 1.25 bits per heavy atom. The molecule has 0 spiro atoms. The standard InChI is InChI=1S/C3H18N8Si/c4-1-2(5,6)3(7,8)12(9,10)11/h1,4-11H2. The van der Waals surface area contributed by atoms with Crippen molar-refractivity contribution in [1.29, 1.82) is 0 Å². The molecule has 0 unspecified atom stereocenters. The first kappa shape index (κ1) is 11.9. The van der Waals surface area contributed by atoms with E-state index in [1.165, 1.54) is 0 Å². The smallest absolute Gasteiger partial charge is 0.312 e. The molecule has 0 aliphatic rings. The Kier molecular flexibility index (Phi) is 2.96. The highest BCUT2D eigenvalue weighted by Gasteiger charge is 2.52. The van der Waals surface area contributed by atoms with Crippen LogP contribution in [0.5, 0.6) is 0 Å². The first-order chi connectivity index (χ1) is 5.06. The molecule has 0 atom stereocenters. The molecule has 0 aromatic carbocycles. The van der Waals surface area contributed by atoms with E-state index in [9.17, 15) is 0 Å². The van der Waals surface area contributed by atoms with Gasteiger partial charge in [0.15, 0.2) is 0 Å². The molecule has 16 N–H and O–H groups in total. The Hall–Kier alpha value is -0.103. The van der Waals surface area contributed by atoms with Crippen LogP contribution in [0.2, 0.25) is 0 Å². The maximum Gasteiger partial charge on any atom is 0.312 e. The van der Waals surface area contributed by atoms with Gasteiger partial charge in [0.2, 0.25) is 0 Å². The Labute approximate surface area is 71.8 Å². The predicted molar refractivity (Wildman–Crippen MR) is 49.6 cm³/mol. The summed E-state index contributed by atoms with van der Waals surface area (Å²) in [5, 5.41) is 14.5. The molecule has 0 rings (SSSR count). The normalized spacial score (nSPS) is 15.0. The van der Waals surface area contributed by atoms with Gasteiger partial charge in [0, 0.05) is 6.54 Å². The van der Waals surface area contributed by atoms with Crippen LogP contribution in [0.4, 0.5) is 0 Å². The third-order valence-corrected chi connectivity index (χ3v) is 3.72. The molecule has 0 bridgehead atoms. The van der Waals surface area contributed by atoms with Gasteiger partial charge in [-0.1, -0.05) is 0 Å². The number of rotatable bonds is 3. The predicted octanol–water partition coefficient (Wildman–Crippen LogP) is -5.47. The van der Waals surface area contributed by atoms with Gasteiger partial charge in [0.1, 0.15) is 10.9 Å². The molecule has 9 heteroatoms. The largest absolute Gasteiger partial charge is 0.327 e. The molecule has 8 nitrogen and oxygen atoms in total. The van der Waals surface area contributed by atoms with Crippen molar-refractivity contribution >= 4 is 8.56 Å². The van der Waals surface area contributed by atoms with E-state index in [2.05, 4.69) is 0 Å². The fraction of sp³-hybridized carbons (Fsp3) is 1.00. The third kappa shape index (κ3) is 1.79. The molecule has 0 fully saturated rings. The summed E-state index contributed by atoms with van der Waals surface area (Å²) < 4.78 is 0. The van der Waals surface area contributed by atoms with Crippen molar-refractivity contribution in [3.8, 4) is 0 Å². The summed E-state index contributed by atoms with van der Waals surface area (Å²) >= 11 is 0. The van der Waals surface area contributed by atoms with Crippen LogP contribution >= 0.6 is 0 Å². The van der Waals surface area contributed by atoms with Gasteiger partial charge in [-0.2, -0.15) is 0 Å². The molecule has 0 heterocycles. The van der Waals surface area contributed by atoms with Crippen LogP contribution in [0.15, 0.2) is 0 Å². The lowest BCUT2D eigenvalue weighted by molar-refractivity contribution is 0.312. The zero-order valence-corrected chi connectivity index (χ0v) is 7.83. The average Bonchev–Trinajstić information content (AvgIpc) is 1.85. The molecular weight excluding hydrogens is 176 g/mol. The van der Waals surface area contributed by atoms with Crippen molar-refractivity contribution in [2.24, 2.45) is 44.9 Å². The van der Waals surface area contributed by atoms with Crippen molar-refractivity contribution in [2.75, 3.05) is 6.54 Å². The van der Waals surface area contributed by atoms with Gasteiger partial charge in [-0.15, -0.1) is 0 Å². The fourth-order valence-corrected chi connectivity index (χ4v) is 1.48. The molecule has 74 valence electrons. The molecule has 0 aromatic rings. The van der Waals surface area contributed by atoms with E-state index in [0.717, 1.165) is 0 Å². The minimum Gasteiger partial charge on any atom is -0.327 e. The summed E-state index contributed by atoms with van der Waals surface area (Å²) in [6.45, 7) is -0.152. The van der Waals surface area contributed by atoms with Gasteiger partial charge in [0.25, 0.3) is 0 Å². The first-order valence-corrected chi connectivity index (χ1v) is 5.51. The van der Waals surface area contributed by atoms with Gasteiger partial charge >= 0.3 is 8.56 Å². The Bertz CT molecular complexity index is 158. The number of nitrogens with two attached hydrogens (primary N) is 8. The molecule has 0 saturated carbocycles. The number of hydrogen-bond acceptors (Lipinski definition) is 8. The minimum atomic E-state index is -3.32. The minimum absolute atomic E-state index is 0.152. The zero-order valence-electron chi connectivity index (χ0n) is 6.83. The van der Waals surface area contributed by atoms with Crippen molar-refractivity contribution < 1.29 is 0 Å². The van der Waals surface area contributed by atoms with Crippen LogP contribution in [-0.4, -0.2) is 26.1 Å². The molecule has 0 radical (unpaired) electrons. The van der Waals surface area contributed by atoms with E-state index in [4.69, 9.17) is 44.9 Å². The molecule has 0 aliphatic carbocycles. The Morgan fingerprint density at radius 1 is 0.917 bits per heavy atom. The van der Waals surface area contributed by atoms with Gasteiger partial charge in [-0.25, -0.2) is 0 Å². The molecule has 12 heavy (non-hydrogen) atoms. The summed E-state index contributed by atoms with van der Waals surface area (Å²) in [4.78, 5) is 0. The number of hydrogen-bond donors (Lipinski definition) is 8. The lowest BCUT2D eigenvalue weighted by Gasteiger charge is -2.44. The SMILES string of the molecule is NCC(N)(N)C(N)(N)[Si](N)(N)N. The van der Waals surface area contributed by atoms with E-state index in [1.807, 2.05) is 0 Å². The topological polar surface area (TPSA) is 208 Å². The Morgan fingerprint density at radius 3 is 1.33 bits per heavy atom. The van der Waals surface area contributed by atoms with E-state index in [-0.39, 0.29) is 6.54 Å². The summed E-state index contributed by atoms with van der Waals surface area (Å²) in [5.41, 5.74) is 25.7. The summed E-state index contributed by atoms with van der Waals surface area (Å²) in [7, 11) is -3.32. The summed E-state index contributed by atoms with van der Waals surface area (Å²) in [6, 6.07) is 0. The van der Waals surface area contributed by atoms with Crippen LogP contribution in [0, 0.1) is 0 Å². The van der Waals surface area contributed by atoms with Crippen LogP contribution in [0.25, 0.3) is 0 Å². The third-order valence-electron chi connectivity index (χ3n) is 1.82. The van der Waals surface area contributed by atoms with Gasteiger partial charge in [-0.3, -0.25) is 0 Å². The van der Waals surface area contributed by atoms with Crippen molar-refractivity contribution in [2.45, 2.75) is 10.9 Å². The zero-order chi connectivity index (χ0) is 10.2. The van der Waals surface area contributed by atoms with Crippen LogP contribution in [0.1, 0.15) is 0 Å². The van der Waals surface area contributed by atoms with Crippen LogP contribution in [0.3, 0.4) is 0 Å². The average molecular weight is 194 g/mol. The van der Waals surface area contributed by atoms with Gasteiger partial charge in [0.05, 0.1) is 0 Å². The lowest BCUT2D eigenvalue weighted by Crippen LogP contribution is -2.96. The summed E-state index contributed by atoms with van der Waals surface area (Å²) in [6.07, 6.45) is 0. The quantitative estimate of drug-likeness (QED) is 0.160. The van der Waals surface area contributed by atoms with E-state index < -0.39 is 19.5 Å². The maximum absolute atomic E-state index is 5.52. The summed E-state index contributed by atoms with van der Waals surface area (Å²) in [5.74, 6) is 0. The van der Waals surface area contributed by atoms with E-state index >= 15 is 0 Å². The second kappa shape index (κ2) is 2.99. The monoisotopic (exact) mass is 194 g/mol. The van der Waals surface area contributed by atoms with E-state index in [1.54, 1.807) is 0 Å². The van der Waals surface area contributed by atoms with Crippen molar-refractivity contribution in [3.63, 3.8) is 0 Å². The lowest BCUT2D eigenvalue weighted by atomic mass is 10.1. The van der Waals surface area contributed by atoms with Gasteiger partial charge < -0.3 is 44.9 Å². The van der Waals surface area contributed by atoms with E-state index in [0.29, 0.717) is 0 Å². The maximum atomic E-state index is 5.52. The molecule has 0 aliphatic heterocycles. The van der Waals surface area contributed by atoms with Gasteiger partial charge in [-0.05, 0) is 0 Å². The molecule has 0 amide bonds. The fourth-order valence-electron chi connectivity index (χ4n) is 0.572.